The molecule has 0 aliphatic carbocycles. The van der Waals surface area contributed by atoms with Crippen LogP contribution in [0.3, 0.4) is 0 Å². The van der Waals surface area contributed by atoms with Crippen molar-refractivity contribution >= 4 is 46.8 Å². The lowest BCUT2D eigenvalue weighted by atomic mass is 10.1. The summed E-state index contributed by atoms with van der Waals surface area (Å²) in [5, 5.41) is 3.31. The quantitative estimate of drug-likeness (QED) is 0.330. The van der Waals surface area contributed by atoms with Crippen LogP contribution in [-0.4, -0.2) is 33.4 Å². The molecule has 1 fully saturated rings. The van der Waals surface area contributed by atoms with Gasteiger partial charge in [0.05, 0.1) is 0 Å². The largest absolute Gasteiger partial charge is 0.489 e. The first-order valence-electron chi connectivity index (χ1n) is 10.3. The summed E-state index contributed by atoms with van der Waals surface area (Å²) in [6, 6.07) is 17.2. The fourth-order valence-electron chi connectivity index (χ4n) is 3.70. The molecule has 4 rings (SSSR count). The lowest BCUT2D eigenvalue weighted by Gasteiger charge is -2.25. The molecule has 1 aliphatic heterocycles. The average Bonchev–Trinajstić information content (AvgIpc) is 3.08. The number of benzene rings is 2. The second-order valence-corrected chi connectivity index (χ2v) is 8.51. The average molecular weight is 480 g/mol. The van der Waals surface area contributed by atoms with Gasteiger partial charge >= 0.3 is 0 Å². The van der Waals surface area contributed by atoms with Gasteiger partial charge in [-0.1, -0.05) is 29.8 Å². The second kappa shape index (κ2) is 9.21. The third-order valence-corrected chi connectivity index (χ3v) is 6.27. The van der Waals surface area contributed by atoms with E-state index in [-0.39, 0.29) is 10.7 Å². The van der Waals surface area contributed by atoms with Gasteiger partial charge in [0.15, 0.2) is 5.11 Å². The number of carbonyl (C=O) groups is 2. The van der Waals surface area contributed by atoms with Crippen LogP contribution >= 0.6 is 23.8 Å². The highest BCUT2D eigenvalue weighted by atomic mass is 35.5. The van der Waals surface area contributed by atoms with E-state index in [4.69, 9.17) is 28.6 Å². The fraction of sp³-hybridized carbons (Fsp3) is 0.160. The molecule has 3 aromatic rings. The Morgan fingerprint density at radius 3 is 2.48 bits per heavy atom. The standard InChI is InChI=1S/C25H22ClN3O3S/c1-15-12-18(13-21-23(30)27-25(33)28(3)24(21)31)16(2)29(15)19-8-10-20(11-9-19)32-14-17-6-4-5-7-22(17)26/h4-13H,14H2,1-3H3,(H,27,30,33)/b21-13+. The van der Waals surface area contributed by atoms with Crippen LogP contribution in [0.4, 0.5) is 0 Å². The van der Waals surface area contributed by atoms with Gasteiger partial charge in [0.1, 0.15) is 17.9 Å². The monoisotopic (exact) mass is 479 g/mol. The van der Waals surface area contributed by atoms with E-state index in [2.05, 4.69) is 9.88 Å². The number of aromatic nitrogens is 1. The maximum absolute atomic E-state index is 12.5. The predicted octanol–water partition coefficient (Wildman–Crippen LogP) is 4.58. The number of thiocarbonyl (C=S) groups is 1. The zero-order valence-electron chi connectivity index (χ0n) is 18.4. The first kappa shape index (κ1) is 22.8. The minimum absolute atomic E-state index is 0.0506. The van der Waals surface area contributed by atoms with Gasteiger partial charge < -0.3 is 9.30 Å². The van der Waals surface area contributed by atoms with Crippen molar-refractivity contribution in [2.75, 3.05) is 7.05 Å². The van der Waals surface area contributed by atoms with Crippen LogP contribution in [0.25, 0.3) is 11.8 Å². The molecular weight excluding hydrogens is 458 g/mol. The molecule has 1 aromatic heterocycles. The number of carbonyl (C=O) groups excluding carboxylic acids is 2. The number of hydrogen-bond donors (Lipinski definition) is 1. The van der Waals surface area contributed by atoms with E-state index in [1.807, 2.05) is 68.4 Å². The van der Waals surface area contributed by atoms with E-state index in [1.54, 1.807) is 6.08 Å². The highest BCUT2D eigenvalue weighted by Crippen LogP contribution is 2.26. The molecule has 0 atom stereocenters. The molecule has 8 heteroatoms. The first-order chi connectivity index (χ1) is 15.8. The summed E-state index contributed by atoms with van der Waals surface area (Å²) in [5.41, 5.74) is 4.57. The van der Waals surface area contributed by atoms with Crippen LogP contribution in [0.5, 0.6) is 5.75 Å². The third-order valence-electron chi connectivity index (χ3n) is 5.52. The topological polar surface area (TPSA) is 63.6 Å². The molecule has 1 N–H and O–H groups in total. The van der Waals surface area contributed by atoms with Gasteiger partial charge in [-0.05, 0) is 74.1 Å². The maximum atomic E-state index is 12.5. The third kappa shape index (κ3) is 4.55. The van der Waals surface area contributed by atoms with Gasteiger partial charge in [-0.25, -0.2) is 0 Å². The van der Waals surface area contributed by atoms with Crippen LogP contribution in [0.1, 0.15) is 22.5 Å². The van der Waals surface area contributed by atoms with Gasteiger partial charge in [0.25, 0.3) is 11.8 Å². The van der Waals surface area contributed by atoms with Crippen molar-refractivity contribution in [3.63, 3.8) is 0 Å². The summed E-state index contributed by atoms with van der Waals surface area (Å²) in [7, 11) is 1.54. The van der Waals surface area contributed by atoms with Crippen molar-refractivity contribution < 1.29 is 14.3 Å². The van der Waals surface area contributed by atoms with Crippen molar-refractivity contribution in [1.82, 2.24) is 14.8 Å². The minimum Gasteiger partial charge on any atom is -0.489 e. The van der Waals surface area contributed by atoms with Crippen molar-refractivity contribution in [1.29, 1.82) is 0 Å². The van der Waals surface area contributed by atoms with Crippen molar-refractivity contribution in [2.24, 2.45) is 0 Å². The fourth-order valence-corrected chi connectivity index (χ4v) is 4.07. The number of nitrogens with zero attached hydrogens (tertiary/aromatic N) is 2. The Balaban J connectivity index is 1.57. The Morgan fingerprint density at radius 2 is 1.79 bits per heavy atom. The zero-order valence-corrected chi connectivity index (χ0v) is 20.0. The van der Waals surface area contributed by atoms with Gasteiger partial charge in [0.2, 0.25) is 0 Å². The molecule has 0 radical (unpaired) electrons. The Labute approximate surface area is 202 Å². The first-order valence-corrected chi connectivity index (χ1v) is 11.1. The van der Waals surface area contributed by atoms with Crippen LogP contribution in [0.15, 0.2) is 60.2 Å². The molecule has 0 saturated carbocycles. The van der Waals surface area contributed by atoms with Gasteiger partial charge in [0, 0.05) is 34.7 Å². The molecule has 0 spiro atoms. The maximum Gasteiger partial charge on any atom is 0.265 e. The van der Waals surface area contributed by atoms with Gasteiger partial charge in [-0.3, -0.25) is 19.8 Å². The van der Waals surface area contributed by atoms with Crippen LogP contribution < -0.4 is 10.1 Å². The molecule has 6 nitrogen and oxygen atoms in total. The SMILES string of the molecule is Cc1cc(/C=C2\C(=O)NC(=S)N(C)C2=O)c(C)n1-c1ccc(OCc2ccccc2Cl)cc1. The second-order valence-electron chi connectivity index (χ2n) is 7.72. The lowest BCUT2D eigenvalue weighted by molar-refractivity contribution is -0.128. The summed E-state index contributed by atoms with van der Waals surface area (Å²) < 4.78 is 7.93. The van der Waals surface area contributed by atoms with Crippen LogP contribution in [-0.2, 0) is 16.2 Å². The predicted molar refractivity (Wildman–Crippen MR) is 133 cm³/mol. The molecule has 168 valence electrons. The number of nitrogens with one attached hydrogen (secondary N) is 1. The molecule has 0 bridgehead atoms. The van der Waals surface area contributed by atoms with E-state index in [0.717, 1.165) is 34.0 Å². The Bertz CT molecular complexity index is 1290. The number of likely N-dealkylation sites (N-methyl/N-ethyl adjacent to an activating group) is 1. The van der Waals surface area contributed by atoms with Crippen molar-refractivity contribution in [3.8, 4) is 11.4 Å². The molecule has 33 heavy (non-hydrogen) atoms. The van der Waals surface area contributed by atoms with E-state index < -0.39 is 11.8 Å². The highest BCUT2D eigenvalue weighted by molar-refractivity contribution is 7.80. The number of hydrogen-bond acceptors (Lipinski definition) is 4. The molecule has 1 saturated heterocycles. The van der Waals surface area contributed by atoms with E-state index in [9.17, 15) is 9.59 Å². The number of ether oxygens (including phenoxy) is 1. The Kier molecular flexibility index (Phi) is 6.35. The number of halogens is 1. The summed E-state index contributed by atoms with van der Waals surface area (Å²) in [6.45, 7) is 4.30. The molecular formula is C25H22ClN3O3S. The molecule has 2 heterocycles. The van der Waals surface area contributed by atoms with Crippen LogP contribution in [0.2, 0.25) is 5.02 Å². The Hall–Kier alpha value is -3.42. The summed E-state index contributed by atoms with van der Waals surface area (Å²) in [4.78, 5) is 26.1. The zero-order chi connectivity index (χ0) is 23.7. The molecule has 1 aliphatic rings. The number of aryl methyl sites for hydroxylation is 1. The number of rotatable bonds is 5. The molecule has 0 unspecified atom stereocenters. The highest BCUT2D eigenvalue weighted by Gasteiger charge is 2.31. The van der Waals surface area contributed by atoms with E-state index in [1.165, 1.54) is 11.9 Å². The van der Waals surface area contributed by atoms with Crippen LogP contribution in [0, 0.1) is 13.8 Å². The Morgan fingerprint density at radius 1 is 1.09 bits per heavy atom. The lowest BCUT2D eigenvalue weighted by Crippen LogP contribution is -2.52. The normalized spacial score (nSPS) is 15.2. The van der Waals surface area contributed by atoms with Crippen molar-refractivity contribution in [3.05, 3.63) is 87.7 Å². The summed E-state index contributed by atoms with van der Waals surface area (Å²) >= 11 is 11.2. The molecule has 2 amide bonds. The van der Waals surface area contributed by atoms with Gasteiger partial charge in [-0.15, -0.1) is 0 Å². The summed E-state index contributed by atoms with van der Waals surface area (Å²) in [6.07, 6.45) is 1.61. The minimum atomic E-state index is -0.493. The van der Waals surface area contributed by atoms with Crippen molar-refractivity contribution in [2.45, 2.75) is 20.5 Å². The smallest absolute Gasteiger partial charge is 0.265 e. The molecule has 2 aromatic carbocycles. The van der Waals surface area contributed by atoms with E-state index >= 15 is 0 Å². The van der Waals surface area contributed by atoms with Gasteiger partial charge in [-0.2, -0.15) is 0 Å². The summed E-state index contributed by atoms with van der Waals surface area (Å²) in [5.74, 6) is -0.187. The number of amides is 2. The van der Waals surface area contributed by atoms with E-state index in [0.29, 0.717) is 11.6 Å².